The van der Waals surface area contributed by atoms with Gasteiger partial charge in [-0.15, -0.1) is 0 Å². The second-order valence-corrected chi connectivity index (χ2v) is 3.98. The SMILES string of the molecule is CCOC(=O)C[C@H](N)C(C)(C)C. The quantitative estimate of drug-likeness (QED) is 0.655. The molecule has 72 valence electrons. The molecule has 12 heavy (non-hydrogen) atoms. The van der Waals surface area contributed by atoms with Gasteiger partial charge in [0.1, 0.15) is 0 Å². The molecular weight excluding hydrogens is 154 g/mol. The molecule has 0 aliphatic heterocycles. The van der Waals surface area contributed by atoms with Crippen LogP contribution in [0.2, 0.25) is 0 Å². The summed E-state index contributed by atoms with van der Waals surface area (Å²) >= 11 is 0. The van der Waals surface area contributed by atoms with Crippen molar-refractivity contribution in [2.24, 2.45) is 11.1 Å². The fourth-order valence-electron chi connectivity index (χ4n) is 0.706. The molecule has 0 aromatic heterocycles. The molecule has 0 heterocycles. The first-order valence-corrected chi connectivity index (χ1v) is 4.29. The van der Waals surface area contributed by atoms with Crippen LogP contribution in [-0.2, 0) is 9.53 Å². The average Bonchev–Trinajstić information content (AvgIpc) is 1.85. The second kappa shape index (κ2) is 4.45. The van der Waals surface area contributed by atoms with Crippen molar-refractivity contribution in [1.29, 1.82) is 0 Å². The van der Waals surface area contributed by atoms with Crippen LogP contribution < -0.4 is 5.73 Å². The smallest absolute Gasteiger partial charge is 0.307 e. The van der Waals surface area contributed by atoms with Gasteiger partial charge >= 0.3 is 5.97 Å². The highest BCUT2D eigenvalue weighted by Gasteiger charge is 2.23. The van der Waals surface area contributed by atoms with Crippen LogP contribution in [0.1, 0.15) is 34.1 Å². The van der Waals surface area contributed by atoms with E-state index in [1.165, 1.54) is 0 Å². The second-order valence-electron chi connectivity index (χ2n) is 3.98. The van der Waals surface area contributed by atoms with E-state index in [0.717, 1.165) is 0 Å². The van der Waals surface area contributed by atoms with E-state index >= 15 is 0 Å². The van der Waals surface area contributed by atoms with E-state index in [4.69, 9.17) is 10.5 Å². The van der Waals surface area contributed by atoms with Gasteiger partial charge in [0, 0.05) is 6.04 Å². The summed E-state index contributed by atoms with van der Waals surface area (Å²) in [5.74, 6) is -0.208. The number of hydrogen-bond acceptors (Lipinski definition) is 3. The first-order chi connectivity index (χ1) is 5.38. The van der Waals surface area contributed by atoms with Crippen molar-refractivity contribution in [3.63, 3.8) is 0 Å². The van der Waals surface area contributed by atoms with Gasteiger partial charge in [0.05, 0.1) is 13.0 Å². The predicted molar refractivity (Wildman–Crippen MR) is 48.7 cm³/mol. The van der Waals surface area contributed by atoms with Crippen molar-refractivity contribution in [1.82, 2.24) is 0 Å². The van der Waals surface area contributed by atoms with Gasteiger partial charge < -0.3 is 10.5 Å². The lowest BCUT2D eigenvalue weighted by Crippen LogP contribution is -2.37. The van der Waals surface area contributed by atoms with Crippen LogP contribution in [0.25, 0.3) is 0 Å². The number of hydrogen-bond donors (Lipinski definition) is 1. The molecule has 1 atom stereocenters. The molecule has 0 unspecified atom stereocenters. The Balaban J connectivity index is 3.84. The van der Waals surface area contributed by atoms with Crippen molar-refractivity contribution >= 4 is 5.97 Å². The van der Waals surface area contributed by atoms with Crippen molar-refractivity contribution in [2.75, 3.05) is 6.61 Å². The molecule has 0 rings (SSSR count). The first kappa shape index (κ1) is 11.4. The number of rotatable bonds is 3. The first-order valence-electron chi connectivity index (χ1n) is 4.29. The van der Waals surface area contributed by atoms with Gasteiger partial charge in [-0.2, -0.15) is 0 Å². The molecule has 0 aliphatic carbocycles. The molecule has 2 N–H and O–H groups in total. The predicted octanol–water partition coefficient (Wildman–Crippen LogP) is 1.31. The number of esters is 1. The monoisotopic (exact) mass is 173 g/mol. The standard InChI is InChI=1S/C9H19NO2/c1-5-12-8(11)6-7(10)9(2,3)4/h7H,5-6,10H2,1-4H3/t7-/m0/s1. The van der Waals surface area contributed by atoms with Crippen LogP contribution in [0, 0.1) is 5.41 Å². The van der Waals surface area contributed by atoms with Gasteiger partial charge in [-0.3, -0.25) is 4.79 Å². The molecule has 0 aromatic carbocycles. The number of nitrogens with two attached hydrogens (primary N) is 1. The van der Waals surface area contributed by atoms with Gasteiger partial charge in [-0.25, -0.2) is 0 Å². The maximum absolute atomic E-state index is 11.0. The summed E-state index contributed by atoms with van der Waals surface area (Å²) in [6, 6.07) is -0.128. The van der Waals surface area contributed by atoms with Gasteiger partial charge in [0.2, 0.25) is 0 Å². The lowest BCUT2D eigenvalue weighted by atomic mass is 9.85. The third kappa shape index (κ3) is 4.34. The van der Waals surface area contributed by atoms with Gasteiger partial charge in [0.25, 0.3) is 0 Å². The average molecular weight is 173 g/mol. The topological polar surface area (TPSA) is 52.3 Å². The number of ether oxygens (including phenoxy) is 1. The molecule has 0 fully saturated rings. The van der Waals surface area contributed by atoms with E-state index in [1.54, 1.807) is 6.92 Å². The lowest BCUT2D eigenvalue weighted by Gasteiger charge is -2.25. The van der Waals surface area contributed by atoms with Crippen LogP contribution in [0.5, 0.6) is 0 Å². The van der Waals surface area contributed by atoms with E-state index in [2.05, 4.69) is 0 Å². The molecule has 0 aliphatic rings. The van der Waals surface area contributed by atoms with Crippen LogP contribution in [0.3, 0.4) is 0 Å². The number of carbonyl (C=O) groups excluding carboxylic acids is 1. The lowest BCUT2D eigenvalue weighted by molar-refractivity contribution is -0.144. The van der Waals surface area contributed by atoms with Crippen LogP contribution in [0.4, 0.5) is 0 Å². The Hall–Kier alpha value is -0.570. The fraction of sp³-hybridized carbons (Fsp3) is 0.889. The molecule has 0 amide bonds. The van der Waals surface area contributed by atoms with Crippen LogP contribution >= 0.6 is 0 Å². The zero-order valence-electron chi connectivity index (χ0n) is 8.39. The minimum atomic E-state index is -0.208. The maximum atomic E-state index is 11.0. The normalized spacial score (nSPS) is 14.1. The van der Waals surface area contributed by atoms with Gasteiger partial charge in [-0.1, -0.05) is 20.8 Å². The zero-order chi connectivity index (χ0) is 9.78. The highest BCUT2D eigenvalue weighted by atomic mass is 16.5. The molecule has 3 nitrogen and oxygen atoms in total. The van der Waals surface area contributed by atoms with E-state index in [1.807, 2.05) is 20.8 Å². The Labute approximate surface area is 74.3 Å². The van der Waals surface area contributed by atoms with Crippen LogP contribution in [0.15, 0.2) is 0 Å². The summed E-state index contributed by atoms with van der Waals surface area (Å²) in [6.07, 6.45) is 0.303. The highest BCUT2D eigenvalue weighted by Crippen LogP contribution is 2.19. The van der Waals surface area contributed by atoms with E-state index in [-0.39, 0.29) is 17.4 Å². The summed E-state index contributed by atoms with van der Waals surface area (Å²) in [4.78, 5) is 11.0. The van der Waals surface area contributed by atoms with Crippen molar-refractivity contribution < 1.29 is 9.53 Å². The molecule has 0 aromatic rings. The Morgan fingerprint density at radius 3 is 2.33 bits per heavy atom. The largest absolute Gasteiger partial charge is 0.466 e. The third-order valence-electron chi connectivity index (χ3n) is 1.80. The fourth-order valence-corrected chi connectivity index (χ4v) is 0.706. The summed E-state index contributed by atoms with van der Waals surface area (Å²) in [7, 11) is 0. The Morgan fingerprint density at radius 2 is 2.00 bits per heavy atom. The van der Waals surface area contributed by atoms with E-state index < -0.39 is 0 Å². The minimum Gasteiger partial charge on any atom is -0.466 e. The molecule has 0 saturated heterocycles. The van der Waals surface area contributed by atoms with E-state index in [9.17, 15) is 4.79 Å². The van der Waals surface area contributed by atoms with Crippen LogP contribution in [-0.4, -0.2) is 18.6 Å². The molecule has 0 saturated carbocycles. The maximum Gasteiger partial charge on any atom is 0.307 e. The third-order valence-corrected chi connectivity index (χ3v) is 1.80. The molecular formula is C9H19NO2. The molecule has 0 bridgehead atoms. The molecule has 0 spiro atoms. The Bertz CT molecular complexity index is 149. The summed E-state index contributed by atoms with van der Waals surface area (Å²) in [6.45, 7) is 8.25. The Kier molecular flexibility index (Phi) is 4.24. The minimum absolute atomic E-state index is 0.0350. The number of carbonyl (C=O) groups is 1. The van der Waals surface area contributed by atoms with Crippen molar-refractivity contribution in [3.8, 4) is 0 Å². The summed E-state index contributed by atoms with van der Waals surface area (Å²) in [5.41, 5.74) is 5.75. The zero-order valence-corrected chi connectivity index (χ0v) is 8.39. The summed E-state index contributed by atoms with van der Waals surface area (Å²) in [5, 5.41) is 0. The molecule has 3 heteroatoms. The van der Waals surface area contributed by atoms with Crippen molar-refractivity contribution in [2.45, 2.75) is 40.2 Å². The van der Waals surface area contributed by atoms with E-state index in [0.29, 0.717) is 13.0 Å². The van der Waals surface area contributed by atoms with Gasteiger partial charge in [0.15, 0.2) is 0 Å². The molecule has 0 radical (unpaired) electrons. The summed E-state index contributed by atoms with van der Waals surface area (Å²) < 4.78 is 4.79. The highest BCUT2D eigenvalue weighted by molar-refractivity contribution is 5.70. The Morgan fingerprint density at radius 1 is 1.50 bits per heavy atom. The van der Waals surface area contributed by atoms with Gasteiger partial charge in [-0.05, 0) is 12.3 Å². The van der Waals surface area contributed by atoms with Crippen molar-refractivity contribution in [3.05, 3.63) is 0 Å².